The highest BCUT2D eigenvalue weighted by Crippen LogP contribution is 2.21. The van der Waals surface area contributed by atoms with Crippen molar-refractivity contribution in [3.63, 3.8) is 0 Å². The zero-order chi connectivity index (χ0) is 22.6. The van der Waals surface area contributed by atoms with Gasteiger partial charge in [-0.3, -0.25) is 14.8 Å². The number of carbonyl (C=O) groups is 2. The molecule has 0 aromatic heterocycles. The summed E-state index contributed by atoms with van der Waals surface area (Å²) >= 11 is 0. The maximum absolute atomic E-state index is 12.7. The van der Waals surface area contributed by atoms with Gasteiger partial charge in [-0.05, 0) is 35.2 Å². The number of hydroxylamine groups is 1. The molecule has 164 valence electrons. The number of benzene rings is 2. The molecule has 8 nitrogen and oxygen atoms in total. The van der Waals surface area contributed by atoms with Gasteiger partial charge in [0.15, 0.2) is 0 Å². The van der Waals surface area contributed by atoms with Crippen molar-refractivity contribution in [2.45, 2.75) is 25.8 Å². The minimum absolute atomic E-state index is 0.0620. The first kappa shape index (κ1) is 24.0. The van der Waals surface area contributed by atoms with Crippen molar-refractivity contribution in [1.29, 1.82) is 5.26 Å². The van der Waals surface area contributed by atoms with Crippen LogP contribution in [0.25, 0.3) is 11.1 Å². The van der Waals surface area contributed by atoms with Gasteiger partial charge in [0, 0.05) is 18.6 Å². The molecule has 2 atom stereocenters. The van der Waals surface area contributed by atoms with E-state index in [4.69, 9.17) is 19.9 Å². The molecule has 2 rings (SSSR count). The fraction of sp³-hybridized carbons (Fsp3) is 0.348. The van der Waals surface area contributed by atoms with Gasteiger partial charge in [0.2, 0.25) is 5.91 Å². The first-order chi connectivity index (χ1) is 15.0. The Morgan fingerprint density at radius 1 is 1.16 bits per heavy atom. The Kier molecular flexibility index (Phi) is 9.65. The molecule has 0 saturated heterocycles. The third-order valence-corrected chi connectivity index (χ3v) is 4.74. The van der Waals surface area contributed by atoms with Crippen molar-refractivity contribution >= 4 is 11.8 Å². The molecule has 8 heteroatoms. The lowest BCUT2D eigenvalue weighted by atomic mass is 9.99. The molecule has 0 saturated carbocycles. The Hall–Kier alpha value is -3.25. The lowest BCUT2D eigenvalue weighted by Gasteiger charge is -2.21. The predicted molar refractivity (Wildman–Crippen MR) is 114 cm³/mol. The summed E-state index contributed by atoms with van der Waals surface area (Å²) in [6, 6.07) is 16.5. The number of carbonyl (C=O) groups excluding carboxylic acids is 2. The van der Waals surface area contributed by atoms with E-state index >= 15 is 0 Å². The van der Waals surface area contributed by atoms with Crippen LogP contribution in [0.15, 0.2) is 48.5 Å². The van der Waals surface area contributed by atoms with Crippen molar-refractivity contribution < 1.29 is 24.3 Å². The van der Waals surface area contributed by atoms with Crippen molar-refractivity contribution in [2.75, 3.05) is 20.5 Å². The number of rotatable bonds is 11. The van der Waals surface area contributed by atoms with Crippen LogP contribution in [0.3, 0.4) is 0 Å². The molecule has 0 aliphatic carbocycles. The van der Waals surface area contributed by atoms with Gasteiger partial charge in [0.1, 0.15) is 6.79 Å². The van der Waals surface area contributed by atoms with Gasteiger partial charge in [-0.25, -0.2) is 5.48 Å². The highest BCUT2D eigenvalue weighted by atomic mass is 16.7. The molecule has 0 unspecified atom stereocenters. The third kappa shape index (κ3) is 7.50. The zero-order valence-electron chi connectivity index (χ0n) is 17.6. The second kappa shape index (κ2) is 12.4. The average Bonchev–Trinajstić information content (AvgIpc) is 2.79. The average molecular weight is 425 g/mol. The van der Waals surface area contributed by atoms with Crippen LogP contribution in [0.1, 0.15) is 29.3 Å². The summed E-state index contributed by atoms with van der Waals surface area (Å²) in [4.78, 5) is 24.3. The van der Waals surface area contributed by atoms with Gasteiger partial charge < -0.3 is 14.8 Å². The van der Waals surface area contributed by atoms with Crippen molar-refractivity contribution in [3.8, 4) is 17.2 Å². The number of hydrogen-bond acceptors (Lipinski definition) is 6. The molecule has 2 amide bonds. The van der Waals surface area contributed by atoms with E-state index in [1.54, 1.807) is 24.5 Å². The van der Waals surface area contributed by atoms with E-state index in [1.807, 2.05) is 36.4 Å². The minimum Gasteiger partial charge on any atom is -0.359 e. The number of methoxy groups -OCH3 is 1. The van der Waals surface area contributed by atoms with E-state index in [-0.39, 0.29) is 25.7 Å². The van der Waals surface area contributed by atoms with E-state index in [1.165, 1.54) is 7.11 Å². The van der Waals surface area contributed by atoms with Crippen LogP contribution in [0.4, 0.5) is 0 Å². The Balaban J connectivity index is 2.08. The normalized spacial score (nSPS) is 12.5. The largest absolute Gasteiger partial charge is 0.359 e. The Bertz CT molecular complexity index is 908. The summed E-state index contributed by atoms with van der Waals surface area (Å²) in [7, 11) is 1.49. The molecular weight excluding hydrogens is 398 g/mol. The van der Waals surface area contributed by atoms with E-state index in [0.717, 1.165) is 16.7 Å². The standard InChI is InChI=1S/C23H27N3O5/c1-16(22(27)26-29)12-21(14-31-15-30-2)25-23(28)19-8-6-18(7-9-19)20-5-3-4-17(13-20)10-11-24/h3-9,13,16,21,29H,10,12,14-15H2,1-2H3,(H,25,28)(H,26,27)/t16-,21-/m0/s1. The number of amides is 2. The van der Waals surface area contributed by atoms with E-state index in [2.05, 4.69) is 11.4 Å². The maximum Gasteiger partial charge on any atom is 0.251 e. The maximum atomic E-state index is 12.7. The first-order valence-corrected chi connectivity index (χ1v) is 9.86. The summed E-state index contributed by atoms with van der Waals surface area (Å²) in [5.74, 6) is -1.36. The quantitative estimate of drug-likeness (QED) is 0.220. The van der Waals surface area contributed by atoms with Gasteiger partial charge in [-0.15, -0.1) is 0 Å². The van der Waals surface area contributed by atoms with Crippen LogP contribution < -0.4 is 10.8 Å². The highest BCUT2D eigenvalue weighted by Gasteiger charge is 2.21. The molecule has 2 aromatic carbocycles. The second-order valence-electron chi connectivity index (χ2n) is 7.17. The van der Waals surface area contributed by atoms with Gasteiger partial charge >= 0.3 is 0 Å². The summed E-state index contributed by atoms with van der Waals surface area (Å²) in [5.41, 5.74) is 4.92. The third-order valence-electron chi connectivity index (χ3n) is 4.74. The molecule has 0 bridgehead atoms. The summed E-state index contributed by atoms with van der Waals surface area (Å²) in [6.07, 6.45) is 0.624. The van der Waals surface area contributed by atoms with Gasteiger partial charge in [-0.2, -0.15) is 5.26 Å². The number of ether oxygens (including phenoxy) is 2. The Morgan fingerprint density at radius 3 is 2.55 bits per heavy atom. The van der Waals surface area contributed by atoms with E-state index in [0.29, 0.717) is 12.0 Å². The second-order valence-corrected chi connectivity index (χ2v) is 7.17. The predicted octanol–water partition coefficient (Wildman–Crippen LogP) is 2.67. The Labute approximate surface area is 181 Å². The van der Waals surface area contributed by atoms with E-state index < -0.39 is 17.9 Å². The number of nitriles is 1. The minimum atomic E-state index is -0.533. The highest BCUT2D eigenvalue weighted by molar-refractivity contribution is 5.95. The number of hydrogen-bond donors (Lipinski definition) is 3. The summed E-state index contributed by atoms with van der Waals surface area (Å²) < 4.78 is 10.2. The van der Waals surface area contributed by atoms with Crippen LogP contribution in [-0.2, 0) is 20.7 Å². The first-order valence-electron chi connectivity index (χ1n) is 9.86. The molecule has 2 aromatic rings. The van der Waals surface area contributed by atoms with Crippen LogP contribution in [0, 0.1) is 17.2 Å². The van der Waals surface area contributed by atoms with Crippen molar-refractivity contribution in [3.05, 3.63) is 59.7 Å². The lowest BCUT2D eigenvalue weighted by Crippen LogP contribution is -2.41. The fourth-order valence-corrected chi connectivity index (χ4v) is 3.12. The van der Waals surface area contributed by atoms with Crippen LogP contribution >= 0.6 is 0 Å². The summed E-state index contributed by atoms with van der Waals surface area (Å²) in [5, 5.41) is 20.5. The number of nitrogens with one attached hydrogen (secondary N) is 2. The topological polar surface area (TPSA) is 121 Å². The van der Waals surface area contributed by atoms with Gasteiger partial charge in [0.05, 0.1) is 25.1 Å². The molecule has 0 spiro atoms. The monoisotopic (exact) mass is 425 g/mol. The van der Waals surface area contributed by atoms with E-state index in [9.17, 15) is 9.59 Å². The molecule has 3 N–H and O–H groups in total. The van der Waals surface area contributed by atoms with Gasteiger partial charge in [-0.1, -0.05) is 43.3 Å². The lowest BCUT2D eigenvalue weighted by molar-refractivity contribution is -0.133. The smallest absolute Gasteiger partial charge is 0.251 e. The van der Waals surface area contributed by atoms with Gasteiger partial charge in [0.25, 0.3) is 5.91 Å². The van der Waals surface area contributed by atoms with Crippen LogP contribution in [-0.4, -0.2) is 43.6 Å². The molecule has 0 radical (unpaired) electrons. The molecular formula is C23H27N3O5. The van der Waals surface area contributed by atoms with Crippen LogP contribution in [0.2, 0.25) is 0 Å². The SMILES string of the molecule is COCOC[C@H](C[C@H](C)C(=O)NO)NC(=O)c1ccc(-c2cccc(CC#N)c2)cc1. The van der Waals surface area contributed by atoms with Crippen LogP contribution in [0.5, 0.6) is 0 Å². The van der Waals surface area contributed by atoms with Crippen molar-refractivity contribution in [2.24, 2.45) is 5.92 Å². The molecule has 0 fully saturated rings. The molecule has 0 aliphatic heterocycles. The molecule has 0 heterocycles. The molecule has 0 aliphatic rings. The number of nitrogens with zero attached hydrogens (tertiary/aromatic N) is 1. The fourth-order valence-electron chi connectivity index (χ4n) is 3.12. The Morgan fingerprint density at radius 2 is 1.90 bits per heavy atom. The van der Waals surface area contributed by atoms with Crippen molar-refractivity contribution in [1.82, 2.24) is 10.8 Å². The molecule has 31 heavy (non-hydrogen) atoms. The zero-order valence-corrected chi connectivity index (χ0v) is 17.6. The summed E-state index contributed by atoms with van der Waals surface area (Å²) in [6.45, 7) is 1.87.